The molecule has 0 aliphatic heterocycles. The van der Waals surface area contributed by atoms with Gasteiger partial charge in [-0.1, -0.05) is 23.8 Å². The predicted octanol–water partition coefficient (Wildman–Crippen LogP) is 5.05. The van der Waals surface area contributed by atoms with Gasteiger partial charge in [0.15, 0.2) is 5.69 Å². The quantitative estimate of drug-likeness (QED) is 0.551. The first-order valence-corrected chi connectivity index (χ1v) is 8.83. The second-order valence-electron chi connectivity index (χ2n) is 6.17. The Bertz CT molecular complexity index is 889. The number of carbonyl (C=O) groups is 1. The van der Waals surface area contributed by atoms with Crippen LogP contribution < -0.4 is 5.32 Å². The second-order valence-corrected chi connectivity index (χ2v) is 7.22. The van der Waals surface area contributed by atoms with Crippen molar-refractivity contribution < 1.29 is 23.1 Å². The van der Waals surface area contributed by atoms with E-state index in [1.54, 1.807) is 0 Å². The molecule has 8 heteroatoms. The minimum absolute atomic E-state index is 0.0224. The Morgan fingerprint density at radius 1 is 1.26 bits per heavy atom. The van der Waals surface area contributed by atoms with E-state index in [4.69, 9.17) is 6.57 Å². The molecule has 0 aliphatic rings. The minimum Gasteiger partial charge on any atom is -0.379 e. The SMILES string of the molecule is [C-]#[N+]c1ccc(NC(=O)C(C)(O)CSc2cccc(C)c2)cc1C(F)(F)F. The highest BCUT2D eigenvalue weighted by molar-refractivity contribution is 7.99. The third-order valence-corrected chi connectivity index (χ3v) is 4.97. The fraction of sp³-hybridized carbons (Fsp3) is 0.263. The Hall–Kier alpha value is -2.50. The van der Waals surface area contributed by atoms with Crippen molar-refractivity contribution in [1.29, 1.82) is 0 Å². The van der Waals surface area contributed by atoms with Crippen molar-refractivity contribution in [2.45, 2.75) is 30.5 Å². The number of aryl methyl sites for hydroxylation is 1. The van der Waals surface area contributed by atoms with Gasteiger partial charge >= 0.3 is 6.18 Å². The molecular weight excluding hydrogens is 377 g/mol. The molecule has 27 heavy (non-hydrogen) atoms. The molecule has 2 aromatic carbocycles. The lowest BCUT2D eigenvalue weighted by Crippen LogP contribution is -2.42. The van der Waals surface area contributed by atoms with E-state index in [2.05, 4.69) is 10.2 Å². The highest BCUT2D eigenvalue weighted by Crippen LogP contribution is 2.38. The van der Waals surface area contributed by atoms with Crippen LogP contribution in [0.4, 0.5) is 24.5 Å². The summed E-state index contributed by atoms with van der Waals surface area (Å²) < 4.78 is 39.1. The Kier molecular flexibility index (Phi) is 6.19. The lowest BCUT2D eigenvalue weighted by atomic mass is 10.1. The molecule has 1 amide bonds. The number of halogens is 3. The molecule has 0 aliphatic carbocycles. The molecule has 0 radical (unpaired) electrons. The molecule has 1 atom stereocenters. The molecule has 1 unspecified atom stereocenters. The normalized spacial score (nSPS) is 13.5. The highest BCUT2D eigenvalue weighted by atomic mass is 32.2. The van der Waals surface area contributed by atoms with E-state index < -0.39 is 28.9 Å². The van der Waals surface area contributed by atoms with E-state index in [0.717, 1.165) is 16.5 Å². The number of alkyl halides is 3. The summed E-state index contributed by atoms with van der Waals surface area (Å²) in [5.41, 5.74) is -2.60. The van der Waals surface area contributed by atoms with Crippen LogP contribution in [0.1, 0.15) is 18.1 Å². The van der Waals surface area contributed by atoms with Crippen molar-refractivity contribution in [2.24, 2.45) is 0 Å². The number of nitrogens with one attached hydrogen (secondary N) is 1. The molecule has 142 valence electrons. The monoisotopic (exact) mass is 394 g/mol. The van der Waals surface area contributed by atoms with Gasteiger partial charge in [-0.25, -0.2) is 4.85 Å². The third kappa shape index (κ3) is 5.49. The highest BCUT2D eigenvalue weighted by Gasteiger charge is 2.35. The predicted molar refractivity (Wildman–Crippen MR) is 98.9 cm³/mol. The maximum absolute atomic E-state index is 13.0. The lowest BCUT2D eigenvalue weighted by Gasteiger charge is -2.22. The summed E-state index contributed by atoms with van der Waals surface area (Å²) in [5, 5.41) is 12.7. The van der Waals surface area contributed by atoms with Gasteiger partial charge in [0.2, 0.25) is 0 Å². The molecule has 0 heterocycles. The van der Waals surface area contributed by atoms with Crippen molar-refractivity contribution in [3.8, 4) is 0 Å². The van der Waals surface area contributed by atoms with Crippen LogP contribution in [-0.2, 0) is 11.0 Å². The smallest absolute Gasteiger partial charge is 0.379 e. The largest absolute Gasteiger partial charge is 0.407 e. The fourth-order valence-electron chi connectivity index (χ4n) is 2.20. The van der Waals surface area contributed by atoms with Gasteiger partial charge < -0.3 is 10.4 Å². The van der Waals surface area contributed by atoms with Crippen molar-refractivity contribution in [3.63, 3.8) is 0 Å². The number of nitrogens with zero attached hydrogens (tertiary/aromatic N) is 1. The third-order valence-electron chi connectivity index (χ3n) is 3.68. The van der Waals surface area contributed by atoms with E-state index in [1.165, 1.54) is 24.8 Å². The van der Waals surface area contributed by atoms with Gasteiger partial charge in [-0.05, 0) is 38.1 Å². The van der Waals surface area contributed by atoms with Crippen LogP contribution >= 0.6 is 11.8 Å². The summed E-state index contributed by atoms with van der Waals surface area (Å²) >= 11 is 1.26. The molecule has 2 aromatic rings. The molecule has 2 N–H and O–H groups in total. The van der Waals surface area contributed by atoms with Crippen LogP contribution in [0.5, 0.6) is 0 Å². The molecule has 0 aromatic heterocycles. The Morgan fingerprint density at radius 2 is 1.96 bits per heavy atom. The molecular formula is C19H17F3N2O2S. The van der Waals surface area contributed by atoms with Crippen LogP contribution in [0.2, 0.25) is 0 Å². The Morgan fingerprint density at radius 3 is 2.56 bits per heavy atom. The molecule has 2 rings (SSSR count). The van der Waals surface area contributed by atoms with Gasteiger partial charge in [0.05, 0.1) is 12.1 Å². The number of hydrogen-bond donors (Lipinski definition) is 2. The van der Waals surface area contributed by atoms with Crippen molar-refractivity contribution >= 4 is 29.0 Å². The first-order valence-electron chi connectivity index (χ1n) is 7.85. The summed E-state index contributed by atoms with van der Waals surface area (Å²) in [7, 11) is 0. The number of hydrogen-bond acceptors (Lipinski definition) is 3. The zero-order chi connectivity index (χ0) is 20.2. The average molecular weight is 394 g/mol. The van der Waals surface area contributed by atoms with Crippen LogP contribution in [0.25, 0.3) is 4.85 Å². The van der Waals surface area contributed by atoms with E-state index >= 15 is 0 Å². The maximum Gasteiger partial charge on any atom is 0.407 e. The van der Waals surface area contributed by atoms with Crippen LogP contribution in [-0.4, -0.2) is 22.4 Å². The maximum atomic E-state index is 13.0. The standard InChI is InChI=1S/C19H17F3N2O2S/c1-12-5-4-6-14(9-12)27-11-18(2,26)17(25)24-13-7-8-16(23-3)15(10-13)19(20,21)22/h4-10,26H,11H2,1-2H3,(H,24,25). The fourth-order valence-corrected chi connectivity index (χ4v) is 3.22. The van der Waals surface area contributed by atoms with Gasteiger partial charge in [0.25, 0.3) is 5.91 Å². The first-order chi connectivity index (χ1) is 12.5. The topological polar surface area (TPSA) is 53.7 Å². The summed E-state index contributed by atoms with van der Waals surface area (Å²) in [6.45, 7) is 10.0. The van der Waals surface area contributed by atoms with Gasteiger partial charge in [-0.2, -0.15) is 13.2 Å². The molecule has 0 saturated heterocycles. The van der Waals surface area contributed by atoms with Crippen LogP contribution in [0, 0.1) is 13.5 Å². The summed E-state index contributed by atoms with van der Waals surface area (Å²) in [6.07, 6.45) is -4.72. The van der Waals surface area contributed by atoms with Crippen LogP contribution in [0.3, 0.4) is 0 Å². The van der Waals surface area contributed by atoms with Gasteiger partial charge in [-0.3, -0.25) is 4.79 Å². The second kappa shape index (κ2) is 8.03. The van der Waals surface area contributed by atoms with Gasteiger partial charge in [0, 0.05) is 16.3 Å². The number of carbonyl (C=O) groups excluding carboxylic acids is 1. The zero-order valence-corrected chi connectivity index (χ0v) is 15.4. The Labute approximate surface area is 159 Å². The number of aliphatic hydroxyl groups is 1. The average Bonchev–Trinajstić information content (AvgIpc) is 2.59. The van der Waals surface area contributed by atoms with E-state index in [-0.39, 0.29) is 11.4 Å². The Balaban J connectivity index is 2.12. The lowest BCUT2D eigenvalue weighted by molar-refractivity contribution is -0.137. The molecule has 0 saturated carbocycles. The zero-order valence-electron chi connectivity index (χ0n) is 14.6. The van der Waals surface area contributed by atoms with E-state index in [0.29, 0.717) is 6.07 Å². The van der Waals surface area contributed by atoms with Gasteiger partial charge in [0.1, 0.15) is 5.60 Å². The number of rotatable bonds is 5. The number of anilines is 1. The molecule has 0 bridgehead atoms. The number of benzene rings is 2. The van der Waals surface area contributed by atoms with Crippen molar-refractivity contribution in [3.05, 3.63) is 65.0 Å². The number of thioether (sulfide) groups is 1. The van der Waals surface area contributed by atoms with Crippen molar-refractivity contribution in [1.82, 2.24) is 0 Å². The number of amides is 1. The molecule has 0 fully saturated rings. The minimum atomic E-state index is -4.72. The van der Waals surface area contributed by atoms with E-state index in [1.807, 2.05) is 31.2 Å². The summed E-state index contributed by atoms with van der Waals surface area (Å²) in [4.78, 5) is 16.0. The molecule has 4 nitrogen and oxygen atoms in total. The van der Waals surface area contributed by atoms with Crippen molar-refractivity contribution in [2.75, 3.05) is 11.1 Å². The summed E-state index contributed by atoms with van der Waals surface area (Å²) in [5.74, 6) is -0.805. The van der Waals surface area contributed by atoms with E-state index in [9.17, 15) is 23.1 Å². The van der Waals surface area contributed by atoms with Gasteiger partial charge in [-0.15, -0.1) is 11.8 Å². The first kappa shape index (κ1) is 20.8. The summed E-state index contributed by atoms with van der Waals surface area (Å²) in [6, 6.07) is 10.4. The van der Waals surface area contributed by atoms with Crippen LogP contribution in [0.15, 0.2) is 47.4 Å². The molecule has 0 spiro atoms.